The van der Waals surface area contributed by atoms with Crippen molar-refractivity contribution < 1.29 is 14.6 Å². The average Bonchev–Trinajstić information content (AvgIpc) is 3.23. The zero-order valence-electron chi connectivity index (χ0n) is 14.2. The molecule has 1 fully saturated rings. The Morgan fingerprint density at radius 1 is 1.42 bits per heavy atom. The Kier molecular flexibility index (Phi) is 4.32. The molecule has 0 aliphatic carbocycles. The molecule has 0 spiro atoms. The van der Waals surface area contributed by atoms with Crippen LogP contribution in [0.25, 0.3) is 0 Å². The van der Waals surface area contributed by atoms with Gasteiger partial charge in [0, 0.05) is 6.54 Å². The molecule has 2 atom stereocenters. The number of amides is 1. The standard InChI is InChI=1S/C18H23N3O3/c1-12-19-11-15(20-12)17(22)21-10-4-5-16(21)18(2,23)13-6-8-14(24-3)9-7-13/h6-9,11,16,23H,4-5,10H2,1-3H3,(H,19,20)/t16-,18+/m0/s1. The lowest BCUT2D eigenvalue weighted by Gasteiger charge is -2.36. The van der Waals surface area contributed by atoms with Crippen LogP contribution in [-0.2, 0) is 5.60 Å². The summed E-state index contributed by atoms with van der Waals surface area (Å²) in [5.74, 6) is 1.32. The van der Waals surface area contributed by atoms with Gasteiger partial charge in [0.25, 0.3) is 5.91 Å². The molecule has 0 unspecified atom stereocenters. The number of nitrogens with zero attached hydrogens (tertiary/aromatic N) is 2. The summed E-state index contributed by atoms with van der Waals surface area (Å²) < 4.78 is 5.17. The van der Waals surface area contributed by atoms with Crippen LogP contribution in [0.3, 0.4) is 0 Å². The minimum Gasteiger partial charge on any atom is -0.497 e. The third-order valence-corrected chi connectivity index (χ3v) is 4.77. The van der Waals surface area contributed by atoms with Gasteiger partial charge in [-0.1, -0.05) is 12.1 Å². The van der Waals surface area contributed by atoms with Gasteiger partial charge in [-0.25, -0.2) is 4.98 Å². The summed E-state index contributed by atoms with van der Waals surface area (Å²) >= 11 is 0. The first-order valence-electron chi connectivity index (χ1n) is 8.13. The Morgan fingerprint density at radius 2 is 2.12 bits per heavy atom. The third kappa shape index (κ3) is 2.89. The molecular weight excluding hydrogens is 306 g/mol. The van der Waals surface area contributed by atoms with Crippen molar-refractivity contribution in [3.8, 4) is 5.75 Å². The minimum atomic E-state index is -1.13. The summed E-state index contributed by atoms with van der Waals surface area (Å²) in [6.07, 6.45) is 3.18. The number of likely N-dealkylation sites (tertiary alicyclic amines) is 1. The number of carbonyl (C=O) groups excluding carboxylic acids is 1. The van der Waals surface area contributed by atoms with E-state index in [4.69, 9.17) is 4.74 Å². The molecule has 1 aliphatic rings. The molecule has 0 saturated carbocycles. The fraction of sp³-hybridized carbons (Fsp3) is 0.444. The third-order valence-electron chi connectivity index (χ3n) is 4.77. The topological polar surface area (TPSA) is 78.5 Å². The van der Waals surface area contributed by atoms with E-state index < -0.39 is 5.60 Å². The maximum atomic E-state index is 12.8. The van der Waals surface area contributed by atoms with Gasteiger partial charge in [0.15, 0.2) is 0 Å². The molecule has 128 valence electrons. The highest BCUT2D eigenvalue weighted by atomic mass is 16.5. The molecule has 24 heavy (non-hydrogen) atoms. The Morgan fingerprint density at radius 3 is 2.71 bits per heavy atom. The number of rotatable bonds is 4. The lowest BCUT2D eigenvalue weighted by atomic mass is 9.86. The molecule has 1 aromatic heterocycles. The number of nitrogens with one attached hydrogen (secondary N) is 1. The number of H-pyrrole nitrogens is 1. The Bertz CT molecular complexity index is 721. The van der Waals surface area contributed by atoms with E-state index in [0.717, 1.165) is 24.2 Å². The van der Waals surface area contributed by atoms with E-state index in [2.05, 4.69) is 9.97 Å². The number of ether oxygens (including phenoxy) is 1. The SMILES string of the molecule is COc1ccc([C@@](C)(O)[C@@H]2CCCN2C(=O)c2cnc(C)[nH]2)cc1. The summed E-state index contributed by atoms with van der Waals surface area (Å²) in [5.41, 5.74) is 0.103. The van der Waals surface area contributed by atoms with E-state index in [0.29, 0.717) is 18.1 Å². The first kappa shape index (κ1) is 16.5. The number of methoxy groups -OCH3 is 1. The van der Waals surface area contributed by atoms with Crippen molar-refractivity contribution in [2.45, 2.75) is 38.3 Å². The normalized spacial score (nSPS) is 20.0. The van der Waals surface area contributed by atoms with Crippen LogP contribution in [0.5, 0.6) is 5.75 Å². The first-order valence-corrected chi connectivity index (χ1v) is 8.13. The van der Waals surface area contributed by atoms with Crippen molar-refractivity contribution in [1.29, 1.82) is 0 Å². The van der Waals surface area contributed by atoms with Crippen molar-refractivity contribution in [2.75, 3.05) is 13.7 Å². The molecular formula is C18H23N3O3. The molecule has 1 amide bonds. The van der Waals surface area contributed by atoms with Gasteiger partial charge in [0.2, 0.25) is 0 Å². The van der Waals surface area contributed by atoms with Crippen LogP contribution >= 0.6 is 0 Å². The number of aromatic amines is 1. The number of imidazole rings is 1. The molecule has 1 aliphatic heterocycles. The molecule has 1 aromatic carbocycles. The lowest BCUT2D eigenvalue weighted by molar-refractivity contribution is -0.0179. The second-order valence-electron chi connectivity index (χ2n) is 6.41. The van der Waals surface area contributed by atoms with Crippen molar-refractivity contribution in [1.82, 2.24) is 14.9 Å². The van der Waals surface area contributed by atoms with Gasteiger partial charge in [-0.3, -0.25) is 4.79 Å². The monoisotopic (exact) mass is 329 g/mol. The van der Waals surface area contributed by atoms with Crippen LogP contribution in [0.2, 0.25) is 0 Å². The Hall–Kier alpha value is -2.34. The maximum Gasteiger partial charge on any atom is 0.272 e. The number of aliphatic hydroxyl groups is 1. The number of aromatic nitrogens is 2. The van der Waals surface area contributed by atoms with Gasteiger partial charge in [0.05, 0.1) is 19.3 Å². The quantitative estimate of drug-likeness (QED) is 0.902. The van der Waals surface area contributed by atoms with Crippen LogP contribution in [0, 0.1) is 6.92 Å². The number of benzene rings is 1. The smallest absolute Gasteiger partial charge is 0.272 e. The molecule has 6 heteroatoms. The molecule has 1 saturated heterocycles. The second-order valence-corrected chi connectivity index (χ2v) is 6.41. The summed E-state index contributed by atoms with van der Waals surface area (Å²) in [4.78, 5) is 21.6. The van der Waals surface area contributed by atoms with Crippen LogP contribution in [-0.4, -0.2) is 45.6 Å². The highest BCUT2D eigenvalue weighted by Crippen LogP contribution is 2.35. The number of hydrogen-bond donors (Lipinski definition) is 2. The lowest BCUT2D eigenvalue weighted by Crippen LogP contribution is -2.48. The van der Waals surface area contributed by atoms with Gasteiger partial charge in [-0.2, -0.15) is 0 Å². The Labute approximate surface area is 141 Å². The highest BCUT2D eigenvalue weighted by molar-refractivity contribution is 5.92. The van der Waals surface area contributed by atoms with Gasteiger partial charge in [-0.15, -0.1) is 0 Å². The molecule has 2 aromatic rings. The highest BCUT2D eigenvalue weighted by Gasteiger charge is 2.43. The largest absolute Gasteiger partial charge is 0.497 e. The maximum absolute atomic E-state index is 12.8. The van der Waals surface area contributed by atoms with Gasteiger partial charge < -0.3 is 19.7 Å². The summed E-state index contributed by atoms with van der Waals surface area (Å²) in [6, 6.07) is 7.06. The molecule has 3 rings (SSSR count). The number of carbonyl (C=O) groups is 1. The summed E-state index contributed by atoms with van der Waals surface area (Å²) in [6.45, 7) is 4.21. The van der Waals surface area contributed by atoms with Crippen LogP contribution in [0.4, 0.5) is 0 Å². The zero-order chi connectivity index (χ0) is 17.3. The van der Waals surface area contributed by atoms with E-state index >= 15 is 0 Å². The van der Waals surface area contributed by atoms with Crippen LogP contribution in [0.1, 0.15) is 41.6 Å². The summed E-state index contributed by atoms with van der Waals surface area (Å²) in [7, 11) is 1.61. The van der Waals surface area contributed by atoms with Gasteiger partial charge >= 0.3 is 0 Å². The molecule has 6 nitrogen and oxygen atoms in total. The van der Waals surface area contributed by atoms with Gasteiger partial charge in [0.1, 0.15) is 22.9 Å². The minimum absolute atomic E-state index is 0.119. The fourth-order valence-corrected chi connectivity index (χ4v) is 3.40. The number of hydrogen-bond acceptors (Lipinski definition) is 4. The summed E-state index contributed by atoms with van der Waals surface area (Å²) in [5, 5.41) is 11.2. The predicted molar refractivity (Wildman–Crippen MR) is 89.9 cm³/mol. The van der Waals surface area contributed by atoms with Gasteiger partial charge in [-0.05, 0) is 44.4 Å². The van der Waals surface area contributed by atoms with Crippen LogP contribution in [0.15, 0.2) is 30.5 Å². The first-order chi connectivity index (χ1) is 11.4. The molecule has 0 radical (unpaired) electrons. The predicted octanol–water partition coefficient (Wildman–Crippen LogP) is 2.24. The molecule has 2 heterocycles. The van der Waals surface area contributed by atoms with Crippen molar-refractivity contribution in [2.24, 2.45) is 0 Å². The van der Waals surface area contributed by atoms with Crippen LogP contribution < -0.4 is 4.74 Å². The van der Waals surface area contributed by atoms with E-state index in [1.807, 2.05) is 31.2 Å². The van der Waals surface area contributed by atoms with Crippen molar-refractivity contribution in [3.63, 3.8) is 0 Å². The van der Waals surface area contributed by atoms with Crippen molar-refractivity contribution in [3.05, 3.63) is 47.5 Å². The van der Waals surface area contributed by atoms with Crippen molar-refractivity contribution >= 4 is 5.91 Å². The second kappa shape index (κ2) is 6.28. The average molecular weight is 329 g/mol. The van der Waals surface area contributed by atoms with E-state index in [-0.39, 0.29) is 11.9 Å². The van der Waals surface area contributed by atoms with E-state index in [1.54, 1.807) is 25.1 Å². The fourth-order valence-electron chi connectivity index (χ4n) is 3.40. The van der Waals surface area contributed by atoms with E-state index in [9.17, 15) is 9.90 Å². The molecule has 0 bridgehead atoms. The number of aryl methyl sites for hydroxylation is 1. The Balaban J connectivity index is 1.86. The zero-order valence-corrected chi connectivity index (χ0v) is 14.2. The van der Waals surface area contributed by atoms with E-state index in [1.165, 1.54) is 0 Å². The molecule has 2 N–H and O–H groups in total.